The summed E-state index contributed by atoms with van der Waals surface area (Å²) in [5, 5.41) is 33.8. The second-order valence-corrected chi connectivity index (χ2v) is 6.66. The zero-order valence-corrected chi connectivity index (χ0v) is 16.1. The third kappa shape index (κ3) is 4.88. The highest BCUT2D eigenvalue weighted by molar-refractivity contribution is 5.95. The minimum atomic E-state index is -0.688. The van der Waals surface area contributed by atoms with Crippen LogP contribution in [0.2, 0.25) is 0 Å². The fourth-order valence-electron chi connectivity index (χ4n) is 3.09. The van der Waals surface area contributed by atoms with Crippen molar-refractivity contribution < 1.29 is 24.9 Å². The number of phenolic OH excluding ortho intramolecular Hbond substituents is 3. The summed E-state index contributed by atoms with van der Waals surface area (Å²) in [6.07, 6.45) is 0. The van der Waals surface area contributed by atoms with Crippen molar-refractivity contribution in [3.8, 4) is 17.2 Å². The van der Waals surface area contributed by atoms with E-state index in [-0.39, 0.29) is 24.6 Å². The molecule has 0 fully saturated rings. The average molecular weight is 406 g/mol. The van der Waals surface area contributed by atoms with Gasteiger partial charge in [-0.3, -0.25) is 9.59 Å². The number of carbonyl (C=O) groups is 2. The number of amides is 2. The molecule has 30 heavy (non-hydrogen) atoms. The van der Waals surface area contributed by atoms with Crippen molar-refractivity contribution in [1.29, 1.82) is 0 Å². The number of phenols is 3. The van der Waals surface area contributed by atoms with E-state index in [4.69, 9.17) is 0 Å². The van der Waals surface area contributed by atoms with Crippen molar-refractivity contribution >= 4 is 11.8 Å². The molecule has 0 radical (unpaired) electrons. The maximum Gasteiger partial charge on any atom is 0.251 e. The normalized spacial score (nSPS) is 10.6. The van der Waals surface area contributed by atoms with Gasteiger partial charge in [0.25, 0.3) is 5.91 Å². The Labute approximate surface area is 173 Å². The third-order valence-electron chi connectivity index (χ3n) is 4.57. The molecule has 7 heteroatoms. The average Bonchev–Trinajstić information content (AvgIpc) is 2.76. The van der Waals surface area contributed by atoms with Gasteiger partial charge in [0.2, 0.25) is 5.91 Å². The first-order valence-electron chi connectivity index (χ1n) is 9.38. The molecule has 154 valence electrons. The van der Waals surface area contributed by atoms with Gasteiger partial charge >= 0.3 is 0 Å². The molecule has 2 amide bonds. The molecular formula is C23H22N2O5. The summed E-state index contributed by atoms with van der Waals surface area (Å²) >= 11 is 0. The first-order valence-corrected chi connectivity index (χ1v) is 9.38. The van der Waals surface area contributed by atoms with Crippen LogP contribution < -0.4 is 10.6 Å². The third-order valence-corrected chi connectivity index (χ3v) is 4.57. The van der Waals surface area contributed by atoms with E-state index in [0.717, 1.165) is 23.3 Å². The number of aromatic hydroxyl groups is 3. The number of rotatable bonds is 7. The van der Waals surface area contributed by atoms with Crippen LogP contribution in [0.15, 0.2) is 72.8 Å². The van der Waals surface area contributed by atoms with Crippen molar-refractivity contribution in [3.05, 3.63) is 89.5 Å². The maximum atomic E-state index is 12.9. The van der Waals surface area contributed by atoms with E-state index in [1.807, 2.05) is 60.7 Å². The van der Waals surface area contributed by atoms with Crippen molar-refractivity contribution in [2.45, 2.75) is 5.92 Å². The van der Waals surface area contributed by atoms with Crippen LogP contribution in [0, 0.1) is 0 Å². The Morgan fingerprint density at radius 2 is 1.20 bits per heavy atom. The summed E-state index contributed by atoms with van der Waals surface area (Å²) in [5.41, 5.74) is 1.71. The molecule has 0 aliphatic rings. The van der Waals surface area contributed by atoms with Crippen molar-refractivity contribution in [2.24, 2.45) is 0 Å². The summed E-state index contributed by atoms with van der Waals surface area (Å²) in [4.78, 5) is 25.0. The molecule has 3 rings (SSSR count). The van der Waals surface area contributed by atoms with E-state index in [1.54, 1.807) is 0 Å². The lowest BCUT2D eigenvalue weighted by Crippen LogP contribution is -2.37. The van der Waals surface area contributed by atoms with Crippen LogP contribution in [0.4, 0.5) is 0 Å². The van der Waals surface area contributed by atoms with Crippen LogP contribution in [0.25, 0.3) is 0 Å². The van der Waals surface area contributed by atoms with Gasteiger partial charge < -0.3 is 26.0 Å². The summed E-state index contributed by atoms with van der Waals surface area (Å²) in [7, 11) is 0. The molecule has 0 saturated carbocycles. The van der Waals surface area contributed by atoms with E-state index in [0.29, 0.717) is 0 Å². The number of carbonyl (C=O) groups excluding carboxylic acids is 2. The fourth-order valence-corrected chi connectivity index (χ4v) is 3.09. The smallest absolute Gasteiger partial charge is 0.251 e. The Hall–Kier alpha value is -4.00. The molecule has 0 heterocycles. The Kier molecular flexibility index (Phi) is 6.54. The Morgan fingerprint density at radius 3 is 1.70 bits per heavy atom. The molecule has 0 atom stereocenters. The van der Waals surface area contributed by atoms with Gasteiger partial charge in [0, 0.05) is 18.7 Å². The van der Waals surface area contributed by atoms with Gasteiger partial charge in [-0.25, -0.2) is 0 Å². The summed E-state index contributed by atoms with van der Waals surface area (Å²) < 4.78 is 0. The van der Waals surface area contributed by atoms with Crippen molar-refractivity contribution in [1.82, 2.24) is 10.6 Å². The second kappa shape index (κ2) is 9.47. The van der Waals surface area contributed by atoms with Gasteiger partial charge in [0.05, 0.1) is 5.92 Å². The van der Waals surface area contributed by atoms with Crippen LogP contribution in [-0.2, 0) is 4.79 Å². The second-order valence-electron chi connectivity index (χ2n) is 6.66. The first kappa shape index (κ1) is 20.7. The number of nitrogens with one attached hydrogen (secondary N) is 2. The lowest BCUT2D eigenvalue weighted by Gasteiger charge is -2.18. The van der Waals surface area contributed by atoms with E-state index in [9.17, 15) is 24.9 Å². The van der Waals surface area contributed by atoms with E-state index >= 15 is 0 Å². The lowest BCUT2D eigenvalue weighted by atomic mass is 9.90. The van der Waals surface area contributed by atoms with Crippen LogP contribution in [0.5, 0.6) is 17.2 Å². The van der Waals surface area contributed by atoms with Gasteiger partial charge in [0.1, 0.15) is 0 Å². The van der Waals surface area contributed by atoms with Gasteiger partial charge in [-0.05, 0) is 23.3 Å². The molecular weight excluding hydrogens is 384 g/mol. The Morgan fingerprint density at radius 1 is 0.733 bits per heavy atom. The zero-order valence-electron chi connectivity index (χ0n) is 16.1. The zero-order chi connectivity index (χ0) is 21.5. The molecule has 0 aliphatic heterocycles. The highest BCUT2D eigenvalue weighted by atomic mass is 16.3. The highest BCUT2D eigenvalue weighted by Gasteiger charge is 2.22. The molecule has 3 aromatic rings. The molecule has 0 aromatic heterocycles. The topological polar surface area (TPSA) is 119 Å². The molecule has 0 unspecified atom stereocenters. The fraction of sp³-hybridized carbons (Fsp3) is 0.130. The van der Waals surface area contributed by atoms with Crippen LogP contribution in [0.3, 0.4) is 0 Å². The van der Waals surface area contributed by atoms with Crippen molar-refractivity contribution in [2.75, 3.05) is 13.1 Å². The summed E-state index contributed by atoms with van der Waals surface area (Å²) in [6.45, 7) is 0.333. The Bertz CT molecular complexity index is 960. The molecule has 0 aliphatic carbocycles. The standard InChI is InChI=1S/C23H22N2O5/c26-18-13-17(14-19(27)21(18)28)22(29)24-11-12-25-23(30)20(15-7-3-1-4-8-15)16-9-5-2-6-10-16/h1-10,13-14,20,26-28H,11-12H2,(H,24,29)(H,25,30). The van der Waals surface area contributed by atoms with Crippen molar-refractivity contribution in [3.63, 3.8) is 0 Å². The highest BCUT2D eigenvalue weighted by Crippen LogP contribution is 2.35. The van der Waals surface area contributed by atoms with E-state index < -0.39 is 29.1 Å². The van der Waals surface area contributed by atoms with Gasteiger partial charge in [-0.1, -0.05) is 60.7 Å². The molecule has 0 saturated heterocycles. The number of benzene rings is 3. The quantitative estimate of drug-likeness (QED) is 0.305. The SMILES string of the molecule is O=C(NCCNC(=O)C(c1ccccc1)c1ccccc1)c1cc(O)c(O)c(O)c1. The largest absolute Gasteiger partial charge is 0.504 e. The Balaban J connectivity index is 1.60. The van der Waals surface area contributed by atoms with Gasteiger partial charge in [-0.15, -0.1) is 0 Å². The van der Waals surface area contributed by atoms with Crippen LogP contribution in [0.1, 0.15) is 27.4 Å². The number of hydrogen-bond acceptors (Lipinski definition) is 5. The predicted molar refractivity (Wildman–Crippen MR) is 112 cm³/mol. The van der Waals surface area contributed by atoms with Gasteiger partial charge in [0.15, 0.2) is 17.2 Å². The molecule has 0 bridgehead atoms. The number of hydrogen-bond donors (Lipinski definition) is 5. The minimum absolute atomic E-state index is 0.0134. The molecule has 5 N–H and O–H groups in total. The van der Waals surface area contributed by atoms with E-state index in [2.05, 4.69) is 10.6 Å². The molecule has 0 spiro atoms. The van der Waals surface area contributed by atoms with E-state index in [1.165, 1.54) is 0 Å². The predicted octanol–water partition coefficient (Wildman–Crippen LogP) is 2.48. The minimum Gasteiger partial charge on any atom is -0.504 e. The lowest BCUT2D eigenvalue weighted by molar-refractivity contribution is -0.121. The van der Waals surface area contributed by atoms with Crippen LogP contribution in [-0.4, -0.2) is 40.2 Å². The van der Waals surface area contributed by atoms with Crippen LogP contribution >= 0.6 is 0 Å². The van der Waals surface area contributed by atoms with Gasteiger partial charge in [-0.2, -0.15) is 0 Å². The maximum absolute atomic E-state index is 12.9. The molecule has 3 aromatic carbocycles. The monoisotopic (exact) mass is 406 g/mol. The summed E-state index contributed by atoms with van der Waals surface area (Å²) in [5.74, 6) is -3.11. The summed E-state index contributed by atoms with van der Waals surface area (Å²) in [6, 6.07) is 20.9. The molecule has 7 nitrogen and oxygen atoms in total. The first-order chi connectivity index (χ1) is 14.5.